The van der Waals surface area contributed by atoms with Crippen LogP contribution in [0.5, 0.6) is 0 Å². The van der Waals surface area contributed by atoms with Crippen molar-refractivity contribution in [2.75, 3.05) is 10.8 Å². The summed E-state index contributed by atoms with van der Waals surface area (Å²) < 4.78 is 28.9. The molecule has 1 aromatic heterocycles. The summed E-state index contributed by atoms with van der Waals surface area (Å²) in [6.45, 7) is 1.52. The van der Waals surface area contributed by atoms with E-state index in [-0.39, 0.29) is 11.4 Å². The Balaban J connectivity index is 2.00. The minimum absolute atomic E-state index is 0.0388. The number of aliphatic hydroxyl groups excluding tert-OH is 1. The second-order valence-electron chi connectivity index (χ2n) is 5.68. The number of sulfonamides is 1. The Labute approximate surface area is 147 Å². The highest BCUT2D eigenvalue weighted by molar-refractivity contribution is 7.92. The highest BCUT2D eigenvalue weighted by Crippen LogP contribution is 2.24. The van der Waals surface area contributed by atoms with Crippen LogP contribution in [-0.4, -0.2) is 36.0 Å². The van der Waals surface area contributed by atoms with Gasteiger partial charge in [0, 0.05) is 0 Å². The third kappa shape index (κ3) is 3.72. The van der Waals surface area contributed by atoms with Gasteiger partial charge in [-0.2, -0.15) is 5.10 Å². The van der Waals surface area contributed by atoms with Gasteiger partial charge in [0.25, 0.3) is 10.0 Å². The van der Waals surface area contributed by atoms with Gasteiger partial charge in [0.1, 0.15) is 4.90 Å². The lowest BCUT2D eigenvalue weighted by molar-refractivity contribution is 0.204. The van der Waals surface area contributed by atoms with Crippen LogP contribution in [0.3, 0.4) is 0 Å². The third-order valence-electron chi connectivity index (χ3n) is 3.64. The molecule has 25 heavy (non-hydrogen) atoms. The maximum Gasteiger partial charge on any atom is 0.267 e. The van der Waals surface area contributed by atoms with Gasteiger partial charge in [0.2, 0.25) is 0 Å². The number of hydrogen-bond acceptors (Lipinski definition) is 4. The summed E-state index contributed by atoms with van der Waals surface area (Å²) in [7, 11) is -3.85. The van der Waals surface area contributed by atoms with E-state index in [1.165, 1.54) is 21.4 Å². The van der Waals surface area contributed by atoms with Crippen LogP contribution in [0.2, 0.25) is 0 Å². The quantitative estimate of drug-likeness (QED) is 0.735. The molecule has 0 saturated heterocycles. The van der Waals surface area contributed by atoms with Crippen LogP contribution < -0.4 is 4.31 Å². The summed E-state index contributed by atoms with van der Waals surface area (Å²) in [4.78, 5) is 0.0702. The van der Waals surface area contributed by atoms with E-state index in [1.807, 2.05) is 36.4 Å². The van der Waals surface area contributed by atoms with Crippen molar-refractivity contribution in [1.29, 1.82) is 0 Å². The molecule has 2 aromatic carbocycles. The summed E-state index contributed by atoms with van der Waals surface area (Å²) in [5, 5.41) is 13.9. The number of anilines is 1. The molecule has 0 radical (unpaired) electrons. The van der Waals surface area contributed by atoms with E-state index in [1.54, 1.807) is 31.2 Å². The predicted molar refractivity (Wildman–Crippen MR) is 96.2 cm³/mol. The van der Waals surface area contributed by atoms with Gasteiger partial charge < -0.3 is 5.11 Å². The van der Waals surface area contributed by atoms with Crippen LogP contribution in [0.1, 0.15) is 6.92 Å². The Kier molecular flexibility index (Phi) is 4.87. The van der Waals surface area contributed by atoms with E-state index in [9.17, 15) is 13.5 Å². The van der Waals surface area contributed by atoms with Gasteiger partial charge in [-0.25, -0.2) is 13.1 Å². The minimum atomic E-state index is -3.85. The van der Waals surface area contributed by atoms with Crippen molar-refractivity contribution in [3.05, 3.63) is 73.1 Å². The predicted octanol–water partition coefficient (Wildman–Crippen LogP) is 2.45. The molecule has 0 fully saturated rings. The monoisotopic (exact) mass is 357 g/mol. The molecule has 1 unspecified atom stereocenters. The number of nitrogens with zero attached hydrogens (tertiary/aromatic N) is 3. The number of aromatic nitrogens is 2. The summed E-state index contributed by atoms with van der Waals surface area (Å²) in [5.41, 5.74) is 1.27. The largest absolute Gasteiger partial charge is 0.392 e. The highest BCUT2D eigenvalue weighted by Gasteiger charge is 2.27. The van der Waals surface area contributed by atoms with Crippen molar-refractivity contribution in [3.63, 3.8) is 0 Å². The number of rotatable bonds is 6. The molecule has 1 N–H and O–H groups in total. The normalized spacial score (nSPS) is 12.7. The molecule has 0 amide bonds. The molecule has 0 saturated carbocycles. The summed E-state index contributed by atoms with van der Waals surface area (Å²) in [6.07, 6.45) is 1.99. The van der Waals surface area contributed by atoms with Crippen molar-refractivity contribution < 1.29 is 13.5 Å². The van der Waals surface area contributed by atoms with Gasteiger partial charge in [0.05, 0.1) is 36.4 Å². The molecule has 7 heteroatoms. The highest BCUT2D eigenvalue weighted by atomic mass is 32.2. The van der Waals surface area contributed by atoms with Gasteiger partial charge in [-0.15, -0.1) is 0 Å². The van der Waals surface area contributed by atoms with Crippen LogP contribution in [0.15, 0.2) is 78.0 Å². The van der Waals surface area contributed by atoms with Crippen LogP contribution in [0.25, 0.3) is 5.69 Å². The molecule has 1 atom stereocenters. The maximum absolute atomic E-state index is 13.1. The number of benzene rings is 2. The lowest BCUT2D eigenvalue weighted by atomic mass is 10.3. The average molecular weight is 357 g/mol. The Morgan fingerprint density at radius 1 is 1.08 bits per heavy atom. The average Bonchev–Trinajstić information content (AvgIpc) is 3.12. The second-order valence-corrected chi connectivity index (χ2v) is 7.54. The second kappa shape index (κ2) is 7.08. The molecular formula is C18H19N3O3S. The van der Waals surface area contributed by atoms with E-state index < -0.39 is 16.1 Å². The van der Waals surface area contributed by atoms with Crippen molar-refractivity contribution >= 4 is 15.7 Å². The third-order valence-corrected chi connectivity index (χ3v) is 5.39. The zero-order chi connectivity index (χ0) is 17.9. The smallest absolute Gasteiger partial charge is 0.267 e. The van der Waals surface area contributed by atoms with Gasteiger partial charge in [-0.1, -0.05) is 36.4 Å². The zero-order valence-electron chi connectivity index (χ0n) is 13.7. The topological polar surface area (TPSA) is 75.4 Å². The maximum atomic E-state index is 13.1. The van der Waals surface area contributed by atoms with E-state index in [0.717, 1.165) is 5.69 Å². The standard InChI is InChI=1S/C18H19N3O3S/c1-15(22)13-21(17-10-6-3-7-11-17)25(23,24)18-12-19-20(14-18)16-8-4-2-5-9-16/h2-12,14-15,22H,13H2,1H3. The molecule has 0 aliphatic carbocycles. The Bertz CT molecular complexity index is 922. The van der Waals surface area contributed by atoms with Crippen LogP contribution in [0, 0.1) is 0 Å². The van der Waals surface area contributed by atoms with Crippen molar-refractivity contribution in [2.45, 2.75) is 17.9 Å². The van der Waals surface area contributed by atoms with Gasteiger partial charge in [-0.3, -0.25) is 4.31 Å². The molecule has 0 bridgehead atoms. The molecule has 0 aliphatic heterocycles. The molecule has 1 heterocycles. The fraction of sp³-hybridized carbons (Fsp3) is 0.167. The molecular weight excluding hydrogens is 338 g/mol. The van der Waals surface area contributed by atoms with Crippen LogP contribution in [0.4, 0.5) is 5.69 Å². The first-order valence-corrected chi connectivity index (χ1v) is 9.28. The van der Waals surface area contributed by atoms with E-state index >= 15 is 0 Å². The van der Waals surface area contributed by atoms with Crippen molar-refractivity contribution in [3.8, 4) is 5.69 Å². The first-order chi connectivity index (χ1) is 12.0. The molecule has 0 spiro atoms. The van der Waals surface area contributed by atoms with E-state index in [2.05, 4.69) is 5.10 Å². The Morgan fingerprint density at radius 3 is 2.28 bits per heavy atom. The summed E-state index contributed by atoms with van der Waals surface area (Å²) in [6, 6.07) is 18.0. The lowest BCUT2D eigenvalue weighted by Crippen LogP contribution is -2.36. The first-order valence-electron chi connectivity index (χ1n) is 7.84. The van der Waals surface area contributed by atoms with E-state index in [4.69, 9.17) is 0 Å². The van der Waals surface area contributed by atoms with Gasteiger partial charge >= 0.3 is 0 Å². The van der Waals surface area contributed by atoms with Gasteiger partial charge in [0.15, 0.2) is 0 Å². The fourth-order valence-corrected chi connectivity index (χ4v) is 3.94. The number of aliphatic hydroxyl groups is 1. The molecule has 6 nitrogen and oxygen atoms in total. The molecule has 3 rings (SSSR count). The molecule has 130 valence electrons. The molecule has 0 aliphatic rings. The lowest BCUT2D eigenvalue weighted by Gasteiger charge is -2.25. The van der Waals surface area contributed by atoms with Crippen LogP contribution >= 0.6 is 0 Å². The minimum Gasteiger partial charge on any atom is -0.392 e. The van der Waals surface area contributed by atoms with Crippen LogP contribution in [-0.2, 0) is 10.0 Å². The summed E-state index contributed by atoms with van der Waals surface area (Å²) in [5.74, 6) is 0. The number of para-hydroxylation sites is 2. The van der Waals surface area contributed by atoms with Gasteiger partial charge in [-0.05, 0) is 31.2 Å². The Morgan fingerprint density at radius 2 is 1.68 bits per heavy atom. The number of hydrogen-bond donors (Lipinski definition) is 1. The Hall–Kier alpha value is -2.64. The van der Waals surface area contributed by atoms with Crippen molar-refractivity contribution in [2.24, 2.45) is 0 Å². The van der Waals surface area contributed by atoms with E-state index in [0.29, 0.717) is 5.69 Å². The SMILES string of the molecule is CC(O)CN(c1ccccc1)S(=O)(=O)c1cnn(-c2ccccc2)c1. The zero-order valence-corrected chi connectivity index (χ0v) is 14.5. The van der Waals surface area contributed by atoms with Crippen molar-refractivity contribution in [1.82, 2.24) is 9.78 Å². The fourth-order valence-electron chi connectivity index (χ4n) is 2.47. The summed E-state index contributed by atoms with van der Waals surface area (Å²) >= 11 is 0. The molecule has 3 aromatic rings. The first kappa shape index (κ1) is 17.2.